The van der Waals surface area contributed by atoms with Crippen molar-refractivity contribution < 1.29 is 24.4 Å². The molecule has 2 heterocycles. The zero-order chi connectivity index (χ0) is 11.8. The second-order valence-corrected chi connectivity index (χ2v) is 4.16. The molecule has 0 amide bonds. The summed E-state index contributed by atoms with van der Waals surface area (Å²) in [5.74, 6) is 0. The van der Waals surface area contributed by atoms with Crippen molar-refractivity contribution in [2.75, 3.05) is 33.0 Å². The molecular formula is C11H22O5. The molecular weight excluding hydrogens is 212 g/mol. The zero-order valence-electron chi connectivity index (χ0n) is 9.80. The van der Waals surface area contributed by atoms with E-state index in [9.17, 15) is 0 Å². The Bertz CT molecular complexity index is 154. The second kappa shape index (κ2) is 7.97. The van der Waals surface area contributed by atoms with Crippen molar-refractivity contribution in [2.45, 2.75) is 38.1 Å². The number of rotatable bonds is 7. The molecule has 0 aromatic heterocycles. The van der Waals surface area contributed by atoms with Gasteiger partial charge in [-0.15, -0.1) is 0 Å². The molecule has 0 spiro atoms. The molecule has 3 atom stereocenters. The van der Waals surface area contributed by atoms with Gasteiger partial charge >= 0.3 is 0 Å². The van der Waals surface area contributed by atoms with E-state index in [1.165, 1.54) is 0 Å². The molecule has 0 aliphatic carbocycles. The first-order chi connectivity index (χ1) is 7.72. The normalized spacial score (nSPS) is 27.9. The number of hydrogen-bond acceptors (Lipinski definition) is 5. The number of aliphatic hydroxyl groups is 2. The number of ether oxygens (including phenoxy) is 3. The summed E-state index contributed by atoms with van der Waals surface area (Å²) in [4.78, 5) is 0. The van der Waals surface area contributed by atoms with E-state index >= 15 is 0 Å². The maximum absolute atomic E-state index is 8.57. The molecule has 2 saturated heterocycles. The van der Waals surface area contributed by atoms with E-state index in [4.69, 9.17) is 24.4 Å². The van der Waals surface area contributed by atoms with Gasteiger partial charge in [-0.3, -0.25) is 0 Å². The lowest BCUT2D eigenvalue weighted by molar-refractivity contribution is 0.102. The van der Waals surface area contributed by atoms with E-state index in [1.807, 2.05) is 0 Å². The van der Waals surface area contributed by atoms with Gasteiger partial charge in [-0.25, -0.2) is 0 Å². The summed E-state index contributed by atoms with van der Waals surface area (Å²) in [7, 11) is 0. The van der Waals surface area contributed by atoms with Gasteiger partial charge in [0.25, 0.3) is 0 Å². The van der Waals surface area contributed by atoms with Gasteiger partial charge in [0.05, 0.1) is 32.5 Å². The van der Waals surface area contributed by atoms with Crippen LogP contribution in [0.2, 0.25) is 0 Å². The minimum absolute atomic E-state index is 0.185. The van der Waals surface area contributed by atoms with Crippen LogP contribution in [0.1, 0.15) is 19.8 Å². The van der Waals surface area contributed by atoms with Gasteiger partial charge in [0.1, 0.15) is 12.2 Å². The maximum Gasteiger partial charge on any atom is 0.104 e. The fourth-order valence-corrected chi connectivity index (χ4v) is 1.05. The van der Waals surface area contributed by atoms with Crippen molar-refractivity contribution in [3.8, 4) is 0 Å². The van der Waals surface area contributed by atoms with Gasteiger partial charge in [0.2, 0.25) is 0 Å². The first-order valence-corrected chi connectivity index (χ1v) is 5.82. The Morgan fingerprint density at radius 1 is 1.25 bits per heavy atom. The average Bonchev–Trinajstić information content (AvgIpc) is 3.09. The highest BCUT2D eigenvalue weighted by Crippen LogP contribution is 2.12. The Morgan fingerprint density at radius 3 is 2.00 bits per heavy atom. The van der Waals surface area contributed by atoms with E-state index in [2.05, 4.69) is 0 Å². The molecule has 5 heteroatoms. The highest BCUT2D eigenvalue weighted by atomic mass is 16.6. The molecule has 0 aromatic carbocycles. The number of hydrogen-bond donors (Lipinski definition) is 2. The summed E-state index contributed by atoms with van der Waals surface area (Å²) in [5, 5.41) is 16.8. The molecule has 0 bridgehead atoms. The first-order valence-electron chi connectivity index (χ1n) is 5.82. The Morgan fingerprint density at radius 2 is 1.75 bits per heavy atom. The summed E-state index contributed by atoms with van der Waals surface area (Å²) in [6.07, 6.45) is 1.94. The zero-order valence-corrected chi connectivity index (χ0v) is 9.80. The van der Waals surface area contributed by atoms with E-state index < -0.39 is 0 Å². The second-order valence-electron chi connectivity index (χ2n) is 4.16. The first kappa shape index (κ1) is 13.9. The van der Waals surface area contributed by atoms with Crippen molar-refractivity contribution in [3.05, 3.63) is 0 Å². The Labute approximate surface area is 96.3 Å². The lowest BCUT2D eigenvalue weighted by Crippen LogP contribution is -2.06. The molecule has 2 N–H and O–H groups in total. The summed E-state index contributed by atoms with van der Waals surface area (Å²) in [6.45, 7) is 5.16. The van der Waals surface area contributed by atoms with E-state index in [-0.39, 0.29) is 12.7 Å². The molecule has 0 radical (unpaired) electrons. The quantitative estimate of drug-likeness (QED) is 0.604. The van der Waals surface area contributed by atoms with Gasteiger partial charge in [0, 0.05) is 6.61 Å². The molecule has 16 heavy (non-hydrogen) atoms. The highest BCUT2D eigenvalue weighted by molar-refractivity contribution is 4.71. The maximum atomic E-state index is 8.57. The Hall–Kier alpha value is -0.200. The predicted molar refractivity (Wildman–Crippen MR) is 58.3 cm³/mol. The van der Waals surface area contributed by atoms with Crippen LogP contribution >= 0.6 is 0 Å². The van der Waals surface area contributed by atoms with Crippen molar-refractivity contribution in [1.29, 1.82) is 0 Å². The van der Waals surface area contributed by atoms with Crippen LogP contribution in [0.25, 0.3) is 0 Å². The summed E-state index contributed by atoms with van der Waals surface area (Å²) in [5.41, 5.74) is 0. The van der Waals surface area contributed by atoms with Gasteiger partial charge in [-0.2, -0.15) is 0 Å². The van der Waals surface area contributed by atoms with Gasteiger partial charge in [-0.05, 0) is 19.8 Å². The van der Waals surface area contributed by atoms with Crippen LogP contribution in [0, 0.1) is 0 Å². The standard InChI is InChI=1S/C6H10O3.C5H12O2/c1(5-3-8-5)7-2-6-4-9-6;1-5(7)3-2-4-6/h5-6H,1-4H2;5-7H,2-4H2,1H3. The molecule has 2 fully saturated rings. The van der Waals surface area contributed by atoms with Crippen LogP contribution in [-0.4, -0.2) is 61.6 Å². The van der Waals surface area contributed by atoms with E-state index in [0.717, 1.165) is 26.4 Å². The van der Waals surface area contributed by atoms with Crippen molar-refractivity contribution in [1.82, 2.24) is 0 Å². The molecule has 3 unspecified atom stereocenters. The van der Waals surface area contributed by atoms with Crippen LogP contribution in [-0.2, 0) is 14.2 Å². The number of aliphatic hydroxyl groups excluding tert-OH is 2. The third-order valence-corrected chi connectivity index (χ3v) is 2.19. The molecule has 0 saturated carbocycles. The highest BCUT2D eigenvalue weighted by Gasteiger charge is 2.26. The average molecular weight is 234 g/mol. The van der Waals surface area contributed by atoms with Crippen molar-refractivity contribution >= 4 is 0 Å². The molecule has 0 aromatic rings. The Kier molecular flexibility index (Phi) is 6.91. The van der Waals surface area contributed by atoms with Gasteiger partial charge < -0.3 is 24.4 Å². The molecule has 96 valence electrons. The lowest BCUT2D eigenvalue weighted by Gasteiger charge is -1.98. The minimum Gasteiger partial charge on any atom is -0.396 e. The molecule has 2 aliphatic rings. The fraction of sp³-hybridized carbons (Fsp3) is 1.00. The summed E-state index contributed by atoms with van der Waals surface area (Å²) < 4.78 is 15.1. The Balaban J connectivity index is 0.000000168. The third-order valence-electron chi connectivity index (χ3n) is 2.19. The SMILES string of the molecule is C(OCC1CO1)C1CO1.CC(O)CCCO. The molecule has 5 nitrogen and oxygen atoms in total. The van der Waals surface area contributed by atoms with Crippen LogP contribution in [0.15, 0.2) is 0 Å². The molecule has 2 rings (SSSR count). The minimum atomic E-state index is -0.257. The number of epoxide rings is 2. The third kappa shape index (κ3) is 9.06. The molecule has 2 aliphatic heterocycles. The van der Waals surface area contributed by atoms with Crippen LogP contribution in [0.4, 0.5) is 0 Å². The van der Waals surface area contributed by atoms with Crippen molar-refractivity contribution in [2.24, 2.45) is 0 Å². The van der Waals surface area contributed by atoms with Crippen LogP contribution in [0.5, 0.6) is 0 Å². The van der Waals surface area contributed by atoms with Gasteiger partial charge in [-0.1, -0.05) is 0 Å². The van der Waals surface area contributed by atoms with Crippen LogP contribution < -0.4 is 0 Å². The van der Waals surface area contributed by atoms with E-state index in [0.29, 0.717) is 25.0 Å². The fourth-order valence-electron chi connectivity index (χ4n) is 1.05. The van der Waals surface area contributed by atoms with E-state index in [1.54, 1.807) is 6.92 Å². The summed E-state index contributed by atoms with van der Waals surface area (Å²) in [6, 6.07) is 0. The topological polar surface area (TPSA) is 74.8 Å². The largest absolute Gasteiger partial charge is 0.396 e. The van der Waals surface area contributed by atoms with Crippen LogP contribution in [0.3, 0.4) is 0 Å². The van der Waals surface area contributed by atoms with Crippen molar-refractivity contribution in [3.63, 3.8) is 0 Å². The van der Waals surface area contributed by atoms with Gasteiger partial charge in [0.15, 0.2) is 0 Å². The monoisotopic (exact) mass is 234 g/mol. The summed E-state index contributed by atoms with van der Waals surface area (Å²) >= 11 is 0. The lowest BCUT2D eigenvalue weighted by atomic mass is 10.2. The smallest absolute Gasteiger partial charge is 0.104 e. The predicted octanol–water partition coefficient (Wildman–Crippen LogP) is -0.0597.